The van der Waals surface area contributed by atoms with E-state index in [1.807, 2.05) is 30.3 Å². The molecule has 2 aromatic heterocycles. The SMILES string of the molecule is Cc1c(C(=O)NNC(=O)c2ccccc2Cl)oc2c1/C(=N/NC(=O)c1ccc3ccccc3n1)CCC2. The summed E-state index contributed by atoms with van der Waals surface area (Å²) < 4.78 is 5.84. The Hall–Kier alpha value is -4.50. The lowest BCUT2D eigenvalue weighted by molar-refractivity contribution is 0.0829. The van der Waals surface area contributed by atoms with Gasteiger partial charge >= 0.3 is 5.91 Å². The lowest BCUT2D eigenvalue weighted by Crippen LogP contribution is -2.41. The third-order valence-corrected chi connectivity index (χ3v) is 6.39. The van der Waals surface area contributed by atoms with Crippen molar-refractivity contribution >= 4 is 45.9 Å². The number of aromatic nitrogens is 1. The number of aryl methyl sites for hydroxylation is 1. The van der Waals surface area contributed by atoms with Crippen molar-refractivity contribution in [1.29, 1.82) is 0 Å². The van der Waals surface area contributed by atoms with E-state index in [-0.39, 0.29) is 22.0 Å². The van der Waals surface area contributed by atoms with Crippen LogP contribution in [-0.4, -0.2) is 28.4 Å². The van der Waals surface area contributed by atoms with Crippen molar-refractivity contribution in [3.63, 3.8) is 0 Å². The van der Waals surface area contributed by atoms with E-state index >= 15 is 0 Å². The third-order valence-electron chi connectivity index (χ3n) is 6.06. The molecule has 1 aliphatic carbocycles. The number of nitrogens with zero attached hydrogens (tertiary/aromatic N) is 2. The molecule has 9 nitrogen and oxygen atoms in total. The monoisotopic (exact) mass is 515 g/mol. The molecule has 0 fully saturated rings. The Balaban J connectivity index is 1.31. The van der Waals surface area contributed by atoms with Crippen LogP contribution in [-0.2, 0) is 6.42 Å². The molecule has 0 saturated heterocycles. The summed E-state index contributed by atoms with van der Waals surface area (Å²) >= 11 is 6.04. The van der Waals surface area contributed by atoms with Crippen LogP contribution in [0.1, 0.15) is 61.1 Å². The maximum atomic E-state index is 12.8. The van der Waals surface area contributed by atoms with Crippen LogP contribution in [0.25, 0.3) is 10.9 Å². The van der Waals surface area contributed by atoms with Crippen molar-refractivity contribution in [2.75, 3.05) is 0 Å². The predicted molar refractivity (Wildman–Crippen MR) is 139 cm³/mol. The van der Waals surface area contributed by atoms with Crippen LogP contribution in [0, 0.1) is 6.92 Å². The van der Waals surface area contributed by atoms with E-state index in [9.17, 15) is 14.4 Å². The van der Waals surface area contributed by atoms with E-state index in [4.69, 9.17) is 16.0 Å². The van der Waals surface area contributed by atoms with Gasteiger partial charge in [0.05, 0.1) is 21.8 Å². The summed E-state index contributed by atoms with van der Waals surface area (Å²) in [5.74, 6) is -0.951. The normalized spacial score (nSPS) is 13.7. The molecular formula is C27H22ClN5O4. The number of carbonyl (C=O) groups is 3. The van der Waals surface area contributed by atoms with E-state index in [0.717, 1.165) is 11.8 Å². The zero-order valence-corrected chi connectivity index (χ0v) is 20.6. The summed E-state index contributed by atoms with van der Waals surface area (Å²) in [5, 5.41) is 5.54. The molecule has 2 aromatic carbocycles. The smallest absolute Gasteiger partial charge is 0.305 e. The van der Waals surface area contributed by atoms with Crippen LogP contribution >= 0.6 is 11.6 Å². The highest BCUT2D eigenvalue weighted by molar-refractivity contribution is 6.33. The topological polar surface area (TPSA) is 126 Å². The molecule has 0 unspecified atom stereocenters. The molecule has 4 aromatic rings. The molecule has 186 valence electrons. The lowest BCUT2D eigenvalue weighted by atomic mass is 9.93. The summed E-state index contributed by atoms with van der Waals surface area (Å²) in [4.78, 5) is 42.3. The van der Waals surface area contributed by atoms with Crippen molar-refractivity contribution in [2.45, 2.75) is 26.2 Å². The summed E-state index contributed by atoms with van der Waals surface area (Å²) in [6.45, 7) is 1.74. The number of benzene rings is 2. The van der Waals surface area contributed by atoms with E-state index in [1.165, 1.54) is 0 Å². The summed E-state index contributed by atoms with van der Waals surface area (Å²) in [5.41, 5.74) is 10.3. The van der Waals surface area contributed by atoms with E-state index in [0.29, 0.717) is 41.0 Å². The largest absolute Gasteiger partial charge is 0.455 e. The van der Waals surface area contributed by atoms with Gasteiger partial charge in [0, 0.05) is 22.9 Å². The Morgan fingerprint density at radius 2 is 1.68 bits per heavy atom. The first-order chi connectivity index (χ1) is 17.9. The quantitative estimate of drug-likeness (QED) is 0.349. The average Bonchev–Trinajstić information content (AvgIpc) is 3.27. The van der Waals surface area contributed by atoms with Crippen molar-refractivity contribution in [3.05, 3.63) is 99.6 Å². The fraction of sp³-hybridized carbons (Fsp3) is 0.148. The maximum Gasteiger partial charge on any atom is 0.305 e. The van der Waals surface area contributed by atoms with Gasteiger partial charge in [-0.3, -0.25) is 25.2 Å². The summed E-state index contributed by atoms with van der Waals surface area (Å²) in [6, 6.07) is 17.5. The summed E-state index contributed by atoms with van der Waals surface area (Å²) in [6.07, 6.45) is 1.96. The number of amides is 3. The Bertz CT molecular complexity index is 1580. The number of pyridine rings is 1. The number of para-hydroxylation sites is 1. The molecule has 37 heavy (non-hydrogen) atoms. The minimum atomic E-state index is -0.615. The number of carbonyl (C=O) groups excluding carboxylic acids is 3. The number of furan rings is 1. The van der Waals surface area contributed by atoms with Crippen molar-refractivity contribution < 1.29 is 18.8 Å². The maximum absolute atomic E-state index is 12.8. The number of hydrazine groups is 1. The first-order valence-corrected chi connectivity index (χ1v) is 12.0. The molecule has 10 heteroatoms. The lowest BCUT2D eigenvalue weighted by Gasteiger charge is -2.13. The highest BCUT2D eigenvalue weighted by atomic mass is 35.5. The molecule has 2 heterocycles. The molecule has 3 amide bonds. The van der Waals surface area contributed by atoms with Crippen LogP contribution in [0.15, 0.2) is 70.2 Å². The minimum Gasteiger partial charge on any atom is -0.455 e. The van der Waals surface area contributed by atoms with Gasteiger partial charge < -0.3 is 4.42 Å². The molecular weight excluding hydrogens is 494 g/mol. The van der Waals surface area contributed by atoms with Crippen LogP contribution in [0.4, 0.5) is 0 Å². The Morgan fingerprint density at radius 1 is 0.919 bits per heavy atom. The van der Waals surface area contributed by atoms with E-state index < -0.39 is 17.7 Å². The Kier molecular flexibility index (Phi) is 6.70. The molecule has 0 atom stereocenters. The van der Waals surface area contributed by atoms with Crippen LogP contribution in [0.3, 0.4) is 0 Å². The molecule has 5 rings (SSSR count). The van der Waals surface area contributed by atoms with Crippen LogP contribution in [0.2, 0.25) is 5.02 Å². The van der Waals surface area contributed by atoms with Crippen LogP contribution in [0.5, 0.6) is 0 Å². The van der Waals surface area contributed by atoms with Crippen molar-refractivity contribution in [2.24, 2.45) is 5.10 Å². The zero-order chi connectivity index (χ0) is 25.9. The average molecular weight is 516 g/mol. The van der Waals surface area contributed by atoms with Gasteiger partial charge in [-0.1, -0.05) is 48.0 Å². The zero-order valence-electron chi connectivity index (χ0n) is 19.8. The fourth-order valence-corrected chi connectivity index (χ4v) is 4.47. The standard InChI is InChI=1S/C27H22ClN5O4/c1-15-23-20(30-32-26(35)21-14-13-16-7-2-5-10-19(16)29-21)11-6-12-22(23)37-24(15)27(36)33-31-25(34)17-8-3-4-9-18(17)28/h2-5,7-10,13-14H,6,11-12H2,1H3,(H,31,34)(H,32,35)(H,33,36)/b30-20+. The molecule has 3 N–H and O–H groups in total. The first kappa shape index (κ1) is 24.2. The number of rotatable bonds is 4. The van der Waals surface area contributed by atoms with Gasteiger partial charge in [-0.2, -0.15) is 5.10 Å². The number of nitrogens with one attached hydrogen (secondary N) is 3. The molecule has 0 spiro atoms. The summed E-state index contributed by atoms with van der Waals surface area (Å²) in [7, 11) is 0. The number of hydrazone groups is 1. The number of fused-ring (bicyclic) bond motifs is 2. The third kappa shape index (κ3) is 4.94. The van der Waals surface area contributed by atoms with Crippen LogP contribution < -0.4 is 16.3 Å². The highest BCUT2D eigenvalue weighted by Crippen LogP contribution is 2.30. The second-order valence-electron chi connectivity index (χ2n) is 8.48. The van der Waals surface area contributed by atoms with Gasteiger partial charge in [0.25, 0.3) is 11.8 Å². The van der Waals surface area contributed by atoms with Gasteiger partial charge in [0.1, 0.15) is 11.5 Å². The fourth-order valence-electron chi connectivity index (χ4n) is 4.25. The Labute approximate surface area is 216 Å². The second-order valence-corrected chi connectivity index (χ2v) is 8.89. The predicted octanol–water partition coefficient (Wildman–Crippen LogP) is 4.33. The van der Waals surface area contributed by atoms with Gasteiger partial charge in [-0.05, 0) is 44.0 Å². The molecule has 1 aliphatic rings. The molecule has 0 bridgehead atoms. The highest BCUT2D eigenvalue weighted by Gasteiger charge is 2.28. The van der Waals surface area contributed by atoms with Gasteiger partial charge in [0.15, 0.2) is 5.76 Å². The Morgan fingerprint density at radius 3 is 2.51 bits per heavy atom. The van der Waals surface area contributed by atoms with Gasteiger partial charge in [0.2, 0.25) is 0 Å². The van der Waals surface area contributed by atoms with E-state index in [1.54, 1.807) is 37.3 Å². The van der Waals surface area contributed by atoms with Crippen molar-refractivity contribution in [3.8, 4) is 0 Å². The molecule has 0 saturated carbocycles. The van der Waals surface area contributed by atoms with E-state index in [2.05, 4.69) is 26.4 Å². The van der Waals surface area contributed by atoms with Crippen molar-refractivity contribution in [1.82, 2.24) is 21.3 Å². The first-order valence-electron chi connectivity index (χ1n) is 11.6. The molecule has 0 aliphatic heterocycles. The number of hydrogen-bond donors (Lipinski definition) is 3. The number of halogens is 1. The minimum absolute atomic E-state index is 0.0570. The second kappa shape index (κ2) is 10.2. The van der Waals surface area contributed by atoms with Gasteiger partial charge in [-0.15, -0.1) is 0 Å². The van der Waals surface area contributed by atoms with Gasteiger partial charge in [-0.25, -0.2) is 10.4 Å². The number of hydrogen-bond acceptors (Lipinski definition) is 6. The molecule has 0 radical (unpaired) electrons.